The zero-order valence-electron chi connectivity index (χ0n) is 35.7. The molecule has 1 heterocycles. The van der Waals surface area contributed by atoms with Gasteiger partial charge in [-0.2, -0.15) is 0 Å². The van der Waals surface area contributed by atoms with Gasteiger partial charge < -0.3 is 50.1 Å². The van der Waals surface area contributed by atoms with Crippen molar-refractivity contribution in [1.29, 1.82) is 0 Å². The number of amides is 1. The number of aliphatic hydroxyl groups is 3. The number of aliphatic hydroxyl groups excluding tert-OH is 2. The molecule has 3 aromatic rings. The number of hydrogen-bond acceptors (Lipinski definition) is 15. The number of fused-ring (bicyclic) bond motifs is 5. The lowest BCUT2D eigenvalue weighted by Crippen LogP contribution is -2.82. The van der Waals surface area contributed by atoms with Gasteiger partial charge in [-0.1, -0.05) is 68.4 Å². The molecule has 3 aromatic carbocycles. The Bertz CT molecular complexity index is 2350. The zero-order chi connectivity index (χ0) is 45.8. The molecule has 2 saturated carbocycles. The standard InChI is InChI=1S/C47H52N2O14/c1-24-31(61-43(57)36(53)35(27-14-9-7-10-15-27)49-41(55)29-18-13-19-30(48)20-29)22-47(58)40(62-42(56)28-16-11-8-12-17-28)38-45(6,32(52)21-33-46(38,23-59-33)63-26(3)51)39(54)37(60-25(2)50)34(24)44(47,4)5/h7-20,31-33,35-38,40,52-53,58H,21-23,48H2,1-6H3,(H,49,55)/t31-,32-,33+,35-,36+,37+,38?,40-,45+,46-,47+/m0/s1. The Morgan fingerprint density at radius 1 is 0.873 bits per heavy atom. The number of ketones is 1. The maximum atomic E-state index is 15.5. The molecule has 1 unspecified atom stereocenters. The van der Waals surface area contributed by atoms with E-state index in [2.05, 4.69) is 5.32 Å². The highest BCUT2D eigenvalue weighted by Crippen LogP contribution is 2.64. The Balaban J connectivity index is 1.38. The summed E-state index contributed by atoms with van der Waals surface area (Å²) in [6.07, 6.45) is -10.6. The highest BCUT2D eigenvalue weighted by molar-refractivity contribution is 5.96. The number of ether oxygens (including phenoxy) is 5. The Morgan fingerprint density at radius 2 is 1.51 bits per heavy atom. The second kappa shape index (κ2) is 16.6. The highest BCUT2D eigenvalue weighted by Gasteiger charge is 2.78. The van der Waals surface area contributed by atoms with E-state index in [9.17, 15) is 39.3 Å². The van der Waals surface area contributed by atoms with Crippen molar-refractivity contribution >= 4 is 41.3 Å². The van der Waals surface area contributed by atoms with E-state index in [4.69, 9.17) is 29.4 Å². The second-order valence-electron chi connectivity index (χ2n) is 17.6. The van der Waals surface area contributed by atoms with Crippen molar-refractivity contribution in [1.82, 2.24) is 5.32 Å². The average Bonchev–Trinajstić information content (AvgIpc) is 3.23. The van der Waals surface area contributed by atoms with Crippen LogP contribution < -0.4 is 11.1 Å². The number of rotatable bonds is 10. The number of nitrogens with two attached hydrogens (primary N) is 1. The van der Waals surface area contributed by atoms with Crippen molar-refractivity contribution in [3.05, 3.63) is 113 Å². The summed E-state index contributed by atoms with van der Waals surface area (Å²) in [6, 6.07) is 20.7. The maximum Gasteiger partial charge on any atom is 0.338 e. The summed E-state index contributed by atoms with van der Waals surface area (Å²) in [5.74, 6) is -6.98. The number of esters is 4. The Morgan fingerprint density at radius 3 is 2.10 bits per heavy atom. The van der Waals surface area contributed by atoms with E-state index in [-0.39, 0.29) is 35.3 Å². The highest BCUT2D eigenvalue weighted by atomic mass is 16.6. The lowest BCUT2D eigenvalue weighted by atomic mass is 9.44. The molecule has 3 fully saturated rings. The molecule has 334 valence electrons. The third kappa shape index (κ3) is 7.58. The van der Waals surface area contributed by atoms with Crippen molar-refractivity contribution < 1.29 is 67.8 Å². The van der Waals surface area contributed by atoms with Crippen LogP contribution >= 0.6 is 0 Å². The molecular formula is C47H52N2O14. The Kier molecular flexibility index (Phi) is 11.9. The van der Waals surface area contributed by atoms with E-state index in [0.29, 0.717) is 11.3 Å². The van der Waals surface area contributed by atoms with Crippen LogP contribution in [0.15, 0.2) is 96.1 Å². The smallest absolute Gasteiger partial charge is 0.338 e. The molecule has 1 aliphatic heterocycles. The first kappa shape index (κ1) is 45.1. The van der Waals surface area contributed by atoms with Crippen LogP contribution in [0.5, 0.6) is 0 Å². The van der Waals surface area contributed by atoms with Crippen LogP contribution in [0.2, 0.25) is 0 Å². The topological polar surface area (TPSA) is 247 Å². The molecule has 16 heteroatoms. The van der Waals surface area contributed by atoms with Crippen LogP contribution in [0.3, 0.4) is 0 Å². The molecule has 0 radical (unpaired) electrons. The van der Waals surface area contributed by atoms with E-state index in [0.717, 1.165) is 13.8 Å². The number of nitrogens with one attached hydrogen (secondary N) is 1. The molecule has 63 heavy (non-hydrogen) atoms. The molecule has 0 spiro atoms. The number of carbonyl (C=O) groups is 6. The third-order valence-corrected chi connectivity index (χ3v) is 13.6. The van der Waals surface area contributed by atoms with Crippen LogP contribution in [0.25, 0.3) is 0 Å². The molecule has 11 atom stereocenters. The van der Waals surface area contributed by atoms with Gasteiger partial charge in [0.15, 0.2) is 23.6 Å². The van der Waals surface area contributed by atoms with E-state index in [1.165, 1.54) is 38.1 Å². The minimum Gasteiger partial charge on any atom is -0.456 e. The van der Waals surface area contributed by atoms with E-state index >= 15 is 4.79 Å². The van der Waals surface area contributed by atoms with Gasteiger partial charge in [0.2, 0.25) is 0 Å². The Labute approximate surface area is 363 Å². The van der Waals surface area contributed by atoms with Gasteiger partial charge in [0, 0.05) is 43.4 Å². The van der Waals surface area contributed by atoms with Crippen LogP contribution in [0, 0.1) is 16.7 Å². The number of anilines is 1. The van der Waals surface area contributed by atoms with E-state index < -0.39 is 113 Å². The Hall–Kier alpha value is -5.94. The molecule has 7 rings (SSSR count). The van der Waals surface area contributed by atoms with E-state index in [1.807, 2.05) is 0 Å². The molecule has 6 N–H and O–H groups in total. The number of Topliss-reactive ketones (excluding diaryl/α,β-unsaturated/α-hetero) is 1. The fraction of sp³-hybridized carbons (Fsp3) is 0.447. The van der Waals surface area contributed by atoms with Crippen molar-refractivity contribution in [2.24, 2.45) is 16.7 Å². The normalized spacial score (nSPS) is 31.5. The van der Waals surface area contributed by atoms with Gasteiger partial charge in [0.1, 0.15) is 23.9 Å². The zero-order valence-corrected chi connectivity index (χ0v) is 35.7. The van der Waals surface area contributed by atoms with Crippen molar-refractivity contribution in [3.63, 3.8) is 0 Å². The summed E-state index contributed by atoms with van der Waals surface area (Å²) in [5, 5.41) is 40.3. The van der Waals surface area contributed by atoms with Crippen molar-refractivity contribution in [3.8, 4) is 0 Å². The summed E-state index contributed by atoms with van der Waals surface area (Å²) in [7, 11) is 0. The van der Waals surface area contributed by atoms with Gasteiger partial charge >= 0.3 is 23.9 Å². The van der Waals surface area contributed by atoms with Crippen LogP contribution in [0.4, 0.5) is 5.69 Å². The summed E-state index contributed by atoms with van der Waals surface area (Å²) in [6.45, 7) is 7.93. The first-order chi connectivity index (χ1) is 29.7. The predicted molar refractivity (Wildman–Crippen MR) is 222 cm³/mol. The van der Waals surface area contributed by atoms with Crippen LogP contribution in [-0.4, -0.2) is 105 Å². The van der Waals surface area contributed by atoms with Gasteiger partial charge in [-0.3, -0.25) is 19.2 Å². The summed E-state index contributed by atoms with van der Waals surface area (Å²) in [4.78, 5) is 83.6. The molecule has 1 amide bonds. The van der Waals surface area contributed by atoms with Gasteiger partial charge in [0.25, 0.3) is 5.91 Å². The maximum absolute atomic E-state index is 15.5. The second-order valence-corrected chi connectivity index (χ2v) is 17.6. The first-order valence-corrected chi connectivity index (χ1v) is 20.7. The largest absolute Gasteiger partial charge is 0.456 e. The van der Waals surface area contributed by atoms with Crippen molar-refractivity contribution in [2.45, 2.75) is 108 Å². The van der Waals surface area contributed by atoms with Gasteiger partial charge in [0.05, 0.1) is 35.6 Å². The molecule has 3 aliphatic carbocycles. The van der Waals surface area contributed by atoms with Gasteiger partial charge in [-0.25, -0.2) is 9.59 Å². The first-order valence-electron chi connectivity index (χ1n) is 20.7. The SMILES string of the molecule is CC(=O)O[C@H]1C(=O)[C@@]2(C)C([C@H](OC(=O)c3ccccc3)[C@]3(O)C[C@H](OC(=O)[C@H](O)[C@@H](NC(=O)c4cccc(N)c4)c4ccccc4)C(C)=C1C3(C)C)[C@]1(OC(C)=O)CO[C@@H]1C[C@@H]2O. The lowest BCUT2D eigenvalue weighted by Gasteiger charge is -2.67. The van der Waals surface area contributed by atoms with Gasteiger partial charge in [-0.05, 0) is 60.9 Å². The average molecular weight is 869 g/mol. The third-order valence-electron chi connectivity index (χ3n) is 13.6. The fourth-order valence-corrected chi connectivity index (χ4v) is 10.3. The quantitative estimate of drug-likeness (QED) is 0.0849. The molecule has 16 nitrogen and oxygen atoms in total. The minimum atomic E-state index is -2.40. The number of hydrogen-bond donors (Lipinski definition) is 5. The minimum absolute atomic E-state index is 0.0144. The molecule has 1 saturated heterocycles. The number of nitrogen functional groups attached to an aromatic ring is 1. The monoisotopic (exact) mass is 868 g/mol. The lowest BCUT2D eigenvalue weighted by molar-refractivity contribution is -0.346. The van der Waals surface area contributed by atoms with Gasteiger partial charge in [-0.15, -0.1) is 0 Å². The van der Waals surface area contributed by atoms with Crippen LogP contribution in [0.1, 0.15) is 86.7 Å². The van der Waals surface area contributed by atoms with E-state index in [1.54, 1.807) is 74.5 Å². The van der Waals surface area contributed by atoms with Crippen LogP contribution in [-0.2, 0) is 42.9 Å². The summed E-state index contributed by atoms with van der Waals surface area (Å²) < 4.78 is 30.3. The molecular weight excluding hydrogens is 817 g/mol. The fourth-order valence-electron chi connectivity index (χ4n) is 10.3. The molecule has 2 bridgehead atoms. The van der Waals surface area contributed by atoms with Crippen molar-refractivity contribution in [2.75, 3.05) is 12.3 Å². The predicted octanol–water partition coefficient (Wildman–Crippen LogP) is 3.32. The molecule has 4 aliphatic rings. The summed E-state index contributed by atoms with van der Waals surface area (Å²) in [5.41, 5.74) is -1.02. The number of benzene rings is 3. The summed E-state index contributed by atoms with van der Waals surface area (Å²) >= 11 is 0. The number of carbonyl (C=O) groups excluding carboxylic acids is 6. The molecule has 0 aromatic heterocycles.